The fourth-order valence-electron chi connectivity index (χ4n) is 4.45. The lowest BCUT2D eigenvalue weighted by Gasteiger charge is -2.40. The zero-order valence-electron chi connectivity index (χ0n) is 14.8. The summed E-state index contributed by atoms with van der Waals surface area (Å²) in [4.78, 5) is 29.1. The second kappa shape index (κ2) is 5.84. The molecule has 2 aliphatic heterocycles. The third-order valence-electron chi connectivity index (χ3n) is 6.71. The molecule has 1 spiro atoms. The largest absolute Gasteiger partial charge is 0.396 e. The minimum atomic E-state index is -0.399. The summed E-state index contributed by atoms with van der Waals surface area (Å²) in [5.41, 5.74) is 2.15. The molecule has 4 rings (SSSR count). The van der Waals surface area contributed by atoms with Gasteiger partial charge in [-0.1, -0.05) is 25.1 Å². The summed E-state index contributed by atoms with van der Waals surface area (Å²) in [5.74, 6) is -0.792. The van der Waals surface area contributed by atoms with Crippen LogP contribution in [0.3, 0.4) is 0 Å². The minimum absolute atomic E-state index is 0.0852. The molecule has 0 atom stereocenters. The zero-order valence-corrected chi connectivity index (χ0v) is 14.8. The number of aliphatic hydroxyl groups is 1. The number of hydrogen-bond acceptors (Lipinski definition) is 3. The van der Waals surface area contributed by atoms with Crippen molar-refractivity contribution in [1.29, 1.82) is 0 Å². The van der Waals surface area contributed by atoms with E-state index in [1.807, 2.05) is 18.2 Å². The first kappa shape index (κ1) is 16.6. The van der Waals surface area contributed by atoms with Gasteiger partial charge in [-0.2, -0.15) is 0 Å². The Labute approximate surface area is 148 Å². The lowest BCUT2D eigenvalue weighted by Crippen LogP contribution is -2.50. The Balaban J connectivity index is 1.48. The number of anilines is 1. The Bertz CT molecular complexity index is 697. The van der Waals surface area contributed by atoms with Gasteiger partial charge in [0.1, 0.15) is 0 Å². The lowest BCUT2D eigenvalue weighted by atomic mass is 9.77. The van der Waals surface area contributed by atoms with Crippen molar-refractivity contribution in [2.75, 3.05) is 31.1 Å². The first-order valence-electron chi connectivity index (χ1n) is 9.35. The Kier molecular flexibility index (Phi) is 3.87. The average Bonchev–Trinajstić information content (AvgIpc) is 3.38. The smallest absolute Gasteiger partial charge is 0.316 e. The molecule has 1 aromatic carbocycles. The SMILES string of the molecule is CCC1(CO)CCN(C(=O)C(=O)N2CC3(CC3)c3ccccc32)CC1. The van der Waals surface area contributed by atoms with Gasteiger partial charge in [0, 0.05) is 37.3 Å². The van der Waals surface area contributed by atoms with Crippen molar-refractivity contribution in [1.82, 2.24) is 4.90 Å². The van der Waals surface area contributed by atoms with E-state index in [2.05, 4.69) is 13.0 Å². The van der Waals surface area contributed by atoms with Gasteiger partial charge in [0.15, 0.2) is 0 Å². The highest BCUT2D eigenvalue weighted by molar-refractivity contribution is 6.40. The van der Waals surface area contributed by atoms with Crippen LogP contribution in [-0.2, 0) is 15.0 Å². The summed E-state index contributed by atoms with van der Waals surface area (Å²) in [6.07, 6.45) is 4.63. The fraction of sp³-hybridized carbons (Fsp3) is 0.600. The van der Waals surface area contributed by atoms with Crippen molar-refractivity contribution in [3.05, 3.63) is 29.8 Å². The first-order valence-corrected chi connectivity index (χ1v) is 9.35. The molecule has 0 aromatic heterocycles. The molecular formula is C20H26N2O3. The molecule has 25 heavy (non-hydrogen) atoms. The predicted octanol–water partition coefficient (Wildman–Crippen LogP) is 2.08. The molecular weight excluding hydrogens is 316 g/mol. The molecule has 0 unspecified atom stereocenters. The van der Waals surface area contributed by atoms with E-state index in [0.29, 0.717) is 19.6 Å². The van der Waals surface area contributed by atoms with Gasteiger partial charge in [-0.25, -0.2) is 0 Å². The summed E-state index contributed by atoms with van der Waals surface area (Å²) < 4.78 is 0. The maximum atomic E-state index is 12.9. The molecule has 134 valence electrons. The van der Waals surface area contributed by atoms with Crippen molar-refractivity contribution in [3.8, 4) is 0 Å². The number of aliphatic hydroxyl groups excluding tert-OH is 1. The standard InChI is InChI=1S/C20H26N2O3/c1-2-19(14-23)9-11-21(12-10-19)17(24)18(25)22-13-20(7-8-20)15-5-3-4-6-16(15)22/h3-6,23H,2,7-14H2,1H3. The first-order chi connectivity index (χ1) is 12.0. The van der Waals surface area contributed by atoms with Gasteiger partial charge < -0.3 is 14.9 Å². The summed E-state index contributed by atoms with van der Waals surface area (Å²) in [6.45, 7) is 3.98. The monoisotopic (exact) mass is 342 g/mol. The summed E-state index contributed by atoms with van der Waals surface area (Å²) in [6, 6.07) is 8.00. The van der Waals surface area contributed by atoms with Gasteiger partial charge in [0.05, 0.1) is 0 Å². The molecule has 5 nitrogen and oxygen atoms in total. The van der Waals surface area contributed by atoms with Crippen molar-refractivity contribution >= 4 is 17.5 Å². The van der Waals surface area contributed by atoms with E-state index in [4.69, 9.17) is 0 Å². The summed E-state index contributed by atoms with van der Waals surface area (Å²) in [5, 5.41) is 9.64. The van der Waals surface area contributed by atoms with Crippen molar-refractivity contribution in [3.63, 3.8) is 0 Å². The number of piperidine rings is 1. The van der Waals surface area contributed by atoms with Crippen molar-refractivity contribution in [2.24, 2.45) is 5.41 Å². The maximum absolute atomic E-state index is 12.9. The van der Waals surface area contributed by atoms with E-state index < -0.39 is 11.8 Å². The highest BCUT2D eigenvalue weighted by Crippen LogP contribution is 2.56. The Morgan fingerprint density at radius 3 is 2.36 bits per heavy atom. The average molecular weight is 342 g/mol. The van der Waals surface area contributed by atoms with Gasteiger partial charge >= 0.3 is 11.8 Å². The van der Waals surface area contributed by atoms with Gasteiger partial charge in [0.25, 0.3) is 0 Å². The molecule has 0 radical (unpaired) electrons. The third kappa shape index (κ3) is 2.56. The molecule has 2 fully saturated rings. The van der Waals surface area contributed by atoms with Crippen molar-refractivity contribution < 1.29 is 14.7 Å². The van der Waals surface area contributed by atoms with Crippen LogP contribution in [0.4, 0.5) is 5.69 Å². The maximum Gasteiger partial charge on any atom is 0.316 e. The van der Waals surface area contributed by atoms with E-state index in [9.17, 15) is 14.7 Å². The quantitative estimate of drug-likeness (QED) is 0.837. The van der Waals surface area contributed by atoms with E-state index in [1.165, 1.54) is 5.56 Å². The van der Waals surface area contributed by atoms with Crippen molar-refractivity contribution in [2.45, 2.75) is 44.4 Å². The van der Waals surface area contributed by atoms with Crippen LogP contribution in [0, 0.1) is 5.41 Å². The van der Waals surface area contributed by atoms with Gasteiger partial charge in [-0.3, -0.25) is 9.59 Å². The van der Waals surface area contributed by atoms with Crippen LogP contribution in [0.1, 0.15) is 44.6 Å². The fourth-order valence-corrected chi connectivity index (χ4v) is 4.45. The molecule has 1 aliphatic carbocycles. The van der Waals surface area contributed by atoms with E-state index in [1.54, 1.807) is 9.80 Å². The highest BCUT2D eigenvalue weighted by atomic mass is 16.3. The van der Waals surface area contributed by atoms with Crippen LogP contribution in [0.5, 0.6) is 0 Å². The van der Waals surface area contributed by atoms with Crippen LogP contribution in [0.2, 0.25) is 0 Å². The van der Waals surface area contributed by atoms with Gasteiger partial charge in [0.2, 0.25) is 0 Å². The van der Waals surface area contributed by atoms with Crippen LogP contribution in [0.15, 0.2) is 24.3 Å². The zero-order chi connectivity index (χ0) is 17.7. The number of para-hydroxylation sites is 1. The van der Waals surface area contributed by atoms with Crippen LogP contribution >= 0.6 is 0 Å². The Hall–Kier alpha value is -1.88. The van der Waals surface area contributed by atoms with Crippen LogP contribution < -0.4 is 4.90 Å². The number of carbonyl (C=O) groups excluding carboxylic acids is 2. The molecule has 1 aromatic rings. The number of nitrogens with zero attached hydrogens (tertiary/aromatic N) is 2. The summed E-state index contributed by atoms with van der Waals surface area (Å²) in [7, 11) is 0. The number of amides is 2. The number of hydrogen-bond donors (Lipinski definition) is 1. The molecule has 1 N–H and O–H groups in total. The molecule has 1 saturated carbocycles. The second-order valence-corrected chi connectivity index (χ2v) is 7.99. The Morgan fingerprint density at radius 1 is 1.08 bits per heavy atom. The highest BCUT2D eigenvalue weighted by Gasteiger charge is 2.53. The van der Waals surface area contributed by atoms with Gasteiger partial charge in [-0.05, 0) is 49.1 Å². The van der Waals surface area contributed by atoms with Crippen LogP contribution in [0.25, 0.3) is 0 Å². The molecule has 2 heterocycles. The van der Waals surface area contributed by atoms with E-state index in [0.717, 1.165) is 37.8 Å². The van der Waals surface area contributed by atoms with Crippen LogP contribution in [-0.4, -0.2) is 48.1 Å². The topological polar surface area (TPSA) is 60.9 Å². The predicted molar refractivity (Wildman–Crippen MR) is 95.3 cm³/mol. The van der Waals surface area contributed by atoms with Gasteiger partial charge in [-0.15, -0.1) is 0 Å². The molecule has 2 amide bonds. The normalized spacial score (nSPS) is 22.8. The van der Waals surface area contributed by atoms with E-state index in [-0.39, 0.29) is 17.4 Å². The molecule has 1 saturated heterocycles. The number of rotatable bonds is 2. The second-order valence-electron chi connectivity index (χ2n) is 7.99. The lowest BCUT2D eigenvalue weighted by molar-refractivity contribution is -0.146. The minimum Gasteiger partial charge on any atom is -0.396 e. The van der Waals surface area contributed by atoms with E-state index >= 15 is 0 Å². The molecule has 3 aliphatic rings. The molecule has 5 heteroatoms. The number of benzene rings is 1. The molecule has 0 bridgehead atoms. The number of carbonyl (C=O) groups is 2. The number of likely N-dealkylation sites (tertiary alicyclic amines) is 1. The third-order valence-corrected chi connectivity index (χ3v) is 6.71. The Morgan fingerprint density at radius 2 is 1.76 bits per heavy atom. The number of fused-ring (bicyclic) bond motifs is 2. The summed E-state index contributed by atoms with van der Waals surface area (Å²) >= 11 is 0.